The van der Waals surface area contributed by atoms with Crippen molar-refractivity contribution in [2.24, 2.45) is 0 Å². The summed E-state index contributed by atoms with van der Waals surface area (Å²) in [6.45, 7) is 5.66. The largest absolute Gasteiger partial charge is 0.378 e. The van der Waals surface area contributed by atoms with Crippen LogP contribution in [0.3, 0.4) is 0 Å². The normalized spacial score (nSPS) is 14.4. The van der Waals surface area contributed by atoms with Crippen LogP contribution in [0.2, 0.25) is 5.02 Å². The van der Waals surface area contributed by atoms with E-state index < -0.39 is 14.6 Å². The van der Waals surface area contributed by atoms with E-state index >= 15 is 0 Å². The average Bonchev–Trinajstić information content (AvgIpc) is 2.89. The van der Waals surface area contributed by atoms with Gasteiger partial charge in [0.2, 0.25) is 0 Å². The Balaban J connectivity index is 1.79. The van der Waals surface area contributed by atoms with Crippen LogP contribution in [0.25, 0.3) is 11.4 Å². The van der Waals surface area contributed by atoms with Gasteiger partial charge in [-0.2, -0.15) is 0 Å². The molecule has 1 aliphatic heterocycles. The lowest BCUT2D eigenvalue weighted by Crippen LogP contribution is -2.37. The zero-order valence-corrected chi connectivity index (χ0v) is 21.9. The van der Waals surface area contributed by atoms with Crippen LogP contribution in [0.5, 0.6) is 0 Å². The fourth-order valence-corrected chi connectivity index (χ4v) is 5.36. The zero-order valence-electron chi connectivity index (χ0n) is 20.3. The molecule has 0 bridgehead atoms. The summed E-state index contributed by atoms with van der Waals surface area (Å²) in [7, 11) is -2.29. The number of carbonyl (C=O) groups excluding carboxylic acids is 1. The predicted octanol–water partition coefficient (Wildman–Crippen LogP) is 4.09. The Hall–Kier alpha value is -3.21. The van der Waals surface area contributed by atoms with Gasteiger partial charge in [0, 0.05) is 42.5 Å². The van der Waals surface area contributed by atoms with Gasteiger partial charge in [0.05, 0.1) is 23.8 Å². The quantitative estimate of drug-likeness (QED) is 0.494. The molecule has 11 heteroatoms. The van der Waals surface area contributed by atoms with Gasteiger partial charge in [-0.25, -0.2) is 23.2 Å². The van der Waals surface area contributed by atoms with Crippen molar-refractivity contribution in [3.8, 4) is 11.4 Å². The van der Waals surface area contributed by atoms with Crippen LogP contribution in [0.4, 0.5) is 16.3 Å². The number of hydrogen-bond donors (Lipinski definition) is 2. The number of morpholine rings is 1. The van der Waals surface area contributed by atoms with Crippen LogP contribution in [0.1, 0.15) is 19.5 Å². The van der Waals surface area contributed by atoms with Crippen molar-refractivity contribution < 1.29 is 17.9 Å². The molecule has 1 fully saturated rings. The molecule has 4 rings (SSSR count). The number of halogens is 1. The summed E-state index contributed by atoms with van der Waals surface area (Å²) in [6, 6.07) is 14.6. The van der Waals surface area contributed by atoms with Crippen LogP contribution in [-0.4, -0.2) is 57.8 Å². The second-order valence-corrected chi connectivity index (χ2v) is 11.7. The number of nitrogens with one attached hydrogen (secondary N) is 2. The Bertz CT molecular complexity index is 1340. The topological polar surface area (TPSA) is 114 Å². The lowest BCUT2D eigenvalue weighted by molar-refractivity contribution is 0.122. The molecule has 1 saturated heterocycles. The van der Waals surface area contributed by atoms with Gasteiger partial charge in [-0.3, -0.25) is 0 Å². The first-order chi connectivity index (χ1) is 17.1. The Morgan fingerprint density at radius 3 is 2.28 bits per heavy atom. The van der Waals surface area contributed by atoms with Gasteiger partial charge in [-0.1, -0.05) is 11.6 Å². The van der Waals surface area contributed by atoms with E-state index in [1.807, 2.05) is 0 Å². The Kier molecular flexibility index (Phi) is 7.49. The SMILES string of the molecule is CNC(=O)Nc1ccc(-c2nc(N3CCOCC3)cc(C(C)(C)S(=O)(=O)c3ccc(Cl)cc3)n2)cc1. The molecule has 2 aromatic carbocycles. The number of amides is 2. The van der Waals surface area contributed by atoms with E-state index in [9.17, 15) is 13.2 Å². The van der Waals surface area contributed by atoms with Crippen molar-refractivity contribution in [2.75, 3.05) is 43.6 Å². The van der Waals surface area contributed by atoms with Crippen LogP contribution in [0.15, 0.2) is 59.5 Å². The maximum Gasteiger partial charge on any atom is 0.318 e. The molecule has 0 atom stereocenters. The number of aromatic nitrogens is 2. The van der Waals surface area contributed by atoms with E-state index in [0.717, 1.165) is 0 Å². The van der Waals surface area contributed by atoms with Crippen molar-refractivity contribution in [3.05, 3.63) is 65.3 Å². The van der Waals surface area contributed by atoms with E-state index in [1.165, 1.54) is 19.2 Å². The summed E-state index contributed by atoms with van der Waals surface area (Å²) in [6.07, 6.45) is 0. The molecule has 0 unspecified atom stereocenters. The molecule has 36 heavy (non-hydrogen) atoms. The van der Waals surface area contributed by atoms with E-state index in [-0.39, 0.29) is 10.9 Å². The summed E-state index contributed by atoms with van der Waals surface area (Å²) in [5.74, 6) is 1.02. The molecular formula is C25H28ClN5O4S. The number of rotatable bonds is 6. The number of urea groups is 1. The third-order valence-corrected chi connectivity index (χ3v) is 8.79. The number of carbonyl (C=O) groups is 1. The van der Waals surface area contributed by atoms with E-state index in [1.54, 1.807) is 56.3 Å². The van der Waals surface area contributed by atoms with Gasteiger partial charge in [0.25, 0.3) is 0 Å². The minimum atomic E-state index is -3.82. The molecule has 0 aliphatic carbocycles. The molecule has 2 N–H and O–H groups in total. The molecule has 2 amide bonds. The lowest BCUT2D eigenvalue weighted by Gasteiger charge is -2.30. The molecule has 2 heterocycles. The highest BCUT2D eigenvalue weighted by atomic mass is 35.5. The van der Waals surface area contributed by atoms with Gasteiger partial charge in [0.1, 0.15) is 10.6 Å². The zero-order chi connectivity index (χ0) is 25.9. The summed E-state index contributed by atoms with van der Waals surface area (Å²) in [5, 5.41) is 5.67. The summed E-state index contributed by atoms with van der Waals surface area (Å²) >= 11 is 5.98. The van der Waals surface area contributed by atoms with Crippen LogP contribution >= 0.6 is 11.6 Å². The fraction of sp³-hybridized carbons (Fsp3) is 0.320. The maximum absolute atomic E-state index is 13.7. The maximum atomic E-state index is 13.7. The number of sulfone groups is 1. The molecular weight excluding hydrogens is 502 g/mol. The van der Waals surface area contributed by atoms with Gasteiger partial charge in [-0.05, 0) is 62.4 Å². The summed E-state index contributed by atoms with van der Waals surface area (Å²) in [5.41, 5.74) is 1.67. The van der Waals surface area contributed by atoms with Crippen molar-refractivity contribution in [1.29, 1.82) is 0 Å². The van der Waals surface area contributed by atoms with Crippen molar-refractivity contribution in [3.63, 3.8) is 0 Å². The second-order valence-electron chi connectivity index (χ2n) is 8.78. The number of hydrogen-bond acceptors (Lipinski definition) is 7. The third-order valence-electron chi connectivity index (χ3n) is 6.09. The van der Waals surface area contributed by atoms with Crippen molar-refractivity contribution >= 4 is 39.0 Å². The fourth-order valence-electron chi connectivity index (χ4n) is 3.77. The van der Waals surface area contributed by atoms with Gasteiger partial charge in [0.15, 0.2) is 15.7 Å². The highest BCUT2D eigenvalue weighted by Crippen LogP contribution is 2.36. The van der Waals surface area contributed by atoms with Crippen LogP contribution in [-0.2, 0) is 19.3 Å². The summed E-state index contributed by atoms with van der Waals surface area (Å²) < 4.78 is 31.5. The van der Waals surface area contributed by atoms with E-state index in [2.05, 4.69) is 15.5 Å². The first-order valence-electron chi connectivity index (χ1n) is 11.4. The third kappa shape index (κ3) is 5.30. The minimum absolute atomic E-state index is 0.162. The van der Waals surface area contributed by atoms with E-state index in [4.69, 9.17) is 26.3 Å². The van der Waals surface area contributed by atoms with Crippen LogP contribution in [0, 0.1) is 0 Å². The monoisotopic (exact) mass is 529 g/mol. The van der Waals surface area contributed by atoms with E-state index in [0.29, 0.717) is 59.9 Å². The second kappa shape index (κ2) is 10.4. The first-order valence-corrected chi connectivity index (χ1v) is 13.3. The summed E-state index contributed by atoms with van der Waals surface area (Å²) in [4.78, 5) is 23.3. The Morgan fingerprint density at radius 1 is 1.03 bits per heavy atom. The van der Waals surface area contributed by atoms with Gasteiger partial charge in [-0.15, -0.1) is 0 Å². The average molecular weight is 530 g/mol. The van der Waals surface area contributed by atoms with Gasteiger partial charge >= 0.3 is 6.03 Å². The predicted molar refractivity (Wildman–Crippen MR) is 140 cm³/mol. The minimum Gasteiger partial charge on any atom is -0.378 e. The van der Waals surface area contributed by atoms with Crippen LogP contribution < -0.4 is 15.5 Å². The molecule has 9 nitrogen and oxygen atoms in total. The molecule has 0 saturated carbocycles. The molecule has 0 radical (unpaired) electrons. The van der Waals surface area contributed by atoms with Crippen molar-refractivity contribution in [2.45, 2.75) is 23.5 Å². The molecule has 0 spiro atoms. The highest BCUT2D eigenvalue weighted by molar-refractivity contribution is 7.92. The molecule has 190 valence electrons. The lowest BCUT2D eigenvalue weighted by atomic mass is 10.1. The number of anilines is 2. The molecule has 1 aromatic heterocycles. The standard InChI is InChI=1S/C25H28ClN5O4S/c1-25(2,36(33,34)20-10-6-18(26)7-11-20)21-16-22(31-12-14-35-15-13-31)30-23(29-21)17-4-8-19(9-5-17)28-24(32)27-3/h4-11,16H,12-15H2,1-3H3,(H2,27,28,32). The Labute approximate surface area is 215 Å². The molecule has 3 aromatic rings. The first kappa shape index (κ1) is 25.9. The Morgan fingerprint density at radius 2 is 1.67 bits per heavy atom. The highest BCUT2D eigenvalue weighted by Gasteiger charge is 2.40. The number of ether oxygens (including phenoxy) is 1. The van der Waals surface area contributed by atoms with Crippen molar-refractivity contribution in [1.82, 2.24) is 15.3 Å². The number of nitrogens with zero attached hydrogens (tertiary/aromatic N) is 3. The smallest absolute Gasteiger partial charge is 0.318 e. The number of benzene rings is 2. The molecule has 1 aliphatic rings. The van der Waals surface area contributed by atoms with Gasteiger partial charge < -0.3 is 20.3 Å².